The number of rotatable bonds is 6. The molecule has 228 valence electrons. The second-order valence-electron chi connectivity index (χ2n) is 10.9. The lowest BCUT2D eigenvalue weighted by atomic mass is 9.91. The molecule has 1 fully saturated rings. The van der Waals surface area contributed by atoms with Crippen LogP contribution in [0, 0.1) is 12.8 Å². The maximum Gasteiger partial charge on any atom is 0.405 e. The molecule has 6 rings (SSSR count). The topological polar surface area (TPSA) is 96.6 Å². The van der Waals surface area contributed by atoms with Gasteiger partial charge in [0.2, 0.25) is 0 Å². The number of halogens is 4. The average Bonchev–Trinajstić information content (AvgIpc) is 3.74. The number of imidazole rings is 1. The second-order valence-corrected chi connectivity index (χ2v) is 11.3. The lowest BCUT2D eigenvalue weighted by molar-refractivity contribution is -0.123. The summed E-state index contributed by atoms with van der Waals surface area (Å²) in [5, 5.41) is 5.92. The molecule has 1 saturated heterocycles. The highest BCUT2D eigenvalue weighted by molar-refractivity contribution is 6.31. The van der Waals surface area contributed by atoms with E-state index in [1.807, 2.05) is 47.8 Å². The highest BCUT2D eigenvalue weighted by Gasteiger charge is 2.38. The zero-order chi connectivity index (χ0) is 31.2. The Hall–Kier alpha value is -4.58. The Morgan fingerprint density at radius 1 is 1.02 bits per heavy atom. The number of nitrogens with zero attached hydrogens (tertiary/aromatic N) is 5. The third-order valence-electron chi connectivity index (χ3n) is 8.18. The summed E-state index contributed by atoms with van der Waals surface area (Å²) in [4.78, 5) is 37.0. The maximum absolute atomic E-state index is 13.9. The van der Waals surface area contributed by atoms with Crippen LogP contribution in [0.4, 0.5) is 29.3 Å². The van der Waals surface area contributed by atoms with Crippen molar-refractivity contribution in [2.24, 2.45) is 5.92 Å². The van der Waals surface area contributed by atoms with Gasteiger partial charge in [0.15, 0.2) is 11.3 Å². The summed E-state index contributed by atoms with van der Waals surface area (Å²) in [6, 6.07) is 13.7. The number of nitrogens with one attached hydrogen (secondary N) is 2. The zero-order valence-corrected chi connectivity index (χ0v) is 24.7. The Morgan fingerprint density at radius 3 is 2.57 bits per heavy atom. The van der Waals surface area contributed by atoms with Gasteiger partial charge in [-0.25, -0.2) is 14.8 Å². The summed E-state index contributed by atoms with van der Waals surface area (Å²) >= 11 is 6.31. The Morgan fingerprint density at radius 2 is 1.80 bits per heavy atom. The predicted molar refractivity (Wildman–Crippen MR) is 162 cm³/mol. The first-order valence-electron chi connectivity index (χ1n) is 14.1. The molecule has 2 N–H and O–H groups in total. The van der Waals surface area contributed by atoms with Crippen molar-refractivity contribution in [1.29, 1.82) is 0 Å². The molecule has 2 aromatic carbocycles. The van der Waals surface area contributed by atoms with Gasteiger partial charge in [0.25, 0.3) is 5.91 Å². The first-order chi connectivity index (χ1) is 21.1. The molecular weight excluding hydrogens is 595 g/mol. The number of alkyl halides is 3. The number of fused-ring (bicyclic) bond motifs is 3. The van der Waals surface area contributed by atoms with Crippen LogP contribution in [0.2, 0.25) is 5.02 Å². The van der Waals surface area contributed by atoms with Gasteiger partial charge in [0.05, 0.1) is 23.0 Å². The Labute approximate surface area is 255 Å². The Balaban J connectivity index is 1.33. The molecule has 2 amide bonds. The van der Waals surface area contributed by atoms with Crippen LogP contribution in [0.15, 0.2) is 67.1 Å². The van der Waals surface area contributed by atoms with E-state index in [0.29, 0.717) is 46.1 Å². The number of carbonyl (C=O) groups excluding carboxylic acids is 2. The number of amides is 2. The average molecular weight is 624 g/mol. The third kappa shape index (κ3) is 5.45. The number of benzene rings is 2. The van der Waals surface area contributed by atoms with E-state index >= 15 is 0 Å². The van der Waals surface area contributed by atoms with Crippen molar-refractivity contribution in [3.05, 3.63) is 89.0 Å². The van der Waals surface area contributed by atoms with Crippen LogP contribution < -0.4 is 10.6 Å². The van der Waals surface area contributed by atoms with Crippen LogP contribution in [0.3, 0.4) is 0 Å². The molecule has 3 aromatic heterocycles. The summed E-state index contributed by atoms with van der Waals surface area (Å²) in [5.41, 5.74) is 5.10. The minimum atomic E-state index is -4.49. The molecule has 2 atom stereocenters. The number of para-hydroxylation sites is 1. The lowest BCUT2D eigenvalue weighted by Gasteiger charge is -2.18. The van der Waals surface area contributed by atoms with Crippen LogP contribution in [0.25, 0.3) is 16.8 Å². The first-order valence-corrected chi connectivity index (χ1v) is 14.5. The van der Waals surface area contributed by atoms with E-state index in [9.17, 15) is 22.8 Å². The number of aromatic nitrogens is 4. The summed E-state index contributed by atoms with van der Waals surface area (Å²) in [5.74, 6) is -0.468. The fourth-order valence-electron chi connectivity index (χ4n) is 5.86. The number of anilines is 2. The van der Waals surface area contributed by atoms with E-state index in [0.717, 1.165) is 16.9 Å². The first kappa shape index (κ1) is 29.5. The van der Waals surface area contributed by atoms with Crippen molar-refractivity contribution < 1.29 is 22.8 Å². The van der Waals surface area contributed by atoms with E-state index in [2.05, 4.69) is 15.3 Å². The van der Waals surface area contributed by atoms with E-state index in [1.165, 1.54) is 9.47 Å². The van der Waals surface area contributed by atoms with Crippen molar-refractivity contribution in [3.63, 3.8) is 0 Å². The highest BCUT2D eigenvalue weighted by atomic mass is 35.5. The molecule has 1 aliphatic heterocycles. The van der Waals surface area contributed by atoms with Crippen LogP contribution >= 0.6 is 11.6 Å². The van der Waals surface area contributed by atoms with Crippen molar-refractivity contribution in [2.45, 2.75) is 32.4 Å². The van der Waals surface area contributed by atoms with Gasteiger partial charge in [-0.3, -0.25) is 13.8 Å². The van der Waals surface area contributed by atoms with Gasteiger partial charge in [-0.1, -0.05) is 43.1 Å². The van der Waals surface area contributed by atoms with Gasteiger partial charge in [0, 0.05) is 47.8 Å². The van der Waals surface area contributed by atoms with Crippen LogP contribution in [0.1, 0.15) is 40.9 Å². The minimum Gasteiger partial charge on any atom is -0.355 e. The molecule has 44 heavy (non-hydrogen) atoms. The van der Waals surface area contributed by atoms with Gasteiger partial charge in [0.1, 0.15) is 6.54 Å². The molecule has 0 spiro atoms. The molecule has 0 bridgehead atoms. The predicted octanol–water partition coefficient (Wildman–Crippen LogP) is 6.78. The smallest absolute Gasteiger partial charge is 0.355 e. The lowest BCUT2D eigenvalue weighted by Crippen LogP contribution is -2.42. The van der Waals surface area contributed by atoms with Gasteiger partial charge in [-0.2, -0.15) is 13.2 Å². The molecule has 0 unspecified atom stereocenters. The Bertz CT molecular complexity index is 1880. The Kier molecular flexibility index (Phi) is 7.70. The molecule has 1 aliphatic rings. The summed E-state index contributed by atoms with van der Waals surface area (Å²) in [7, 11) is 0. The standard InChI is InChI=1S/C31H29ClF3N7O2/c1-3-19-15-40(30(44)38-17-31(33,34)35)16-21(19)26-13-36-27-14-37-28-25(42(26)27)11-12-41(28)29(43)20-7-4-5-9-24(20)39-23-10-6-8-22(32)18(23)2/h4-14,19,21,39H,3,15-17H2,1-2H3,(H,38,44)/t19-,21+/m1/s1. The molecule has 0 radical (unpaired) electrons. The second kappa shape index (κ2) is 11.5. The zero-order valence-electron chi connectivity index (χ0n) is 23.9. The third-order valence-corrected chi connectivity index (χ3v) is 8.59. The molecule has 5 aromatic rings. The summed E-state index contributed by atoms with van der Waals surface area (Å²) in [6.07, 6.45) is 1.18. The molecule has 13 heteroatoms. The quantitative estimate of drug-likeness (QED) is 0.218. The molecule has 4 heterocycles. The van der Waals surface area contributed by atoms with E-state index in [-0.39, 0.29) is 24.3 Å². The van der Waals surface area contributed by atoms with E-state index in [4.69, 9.17) is 11.6 Å². The van der Waals surface area contributed by atoms with Crippen molar-refractivity contribution >= 4 is 51.7 Å². The van der Waals surface area contributed by atoms with Gasteiger partial charge in [-0.15, -0.1) is 0 Å². The number of hydrogen-bond donors (Lipinski definition) is 2. The monoisotopic (exact) mass is 623 g/mol. The molecular formula is C31H29ClF3N7O2. The summed E-state index contributed by atoms with van der Waals surface area (Å²) in [6.45, 7) is 3.06. The number of hydrogen-bond acceptors (Lipinski definition) is 5. The van der Waals surface area contributed by atoms with Gasteiger partial charge >= 0.3 is 12.2 Å². The van der Waals surface area contributed by atoms with E-state index in [1.54, 1.807) is 42.9 Å². The van der Waals surface area contributed by atoms with Crippen LogP contribution in [-0.2, 0) is 0 Å². The molecule has 9 nitrogen and oxygen atoms in total. The fraction of sp³-hybridized carbons (Fsp3) is 0.290. The highest BCUT2D eigenvalue weighted by Crippen LogP contribution is 2.36. The molecule has 0 saturated carbocycles. The van der Waals surface area contributed by atoms with Crippen molar-refractivity contribution in [2.75, 3.05) is 25.0 Å². The number of likely N-dealkylation sites (tertiary alicyclic amines) is 1. The summed E-state index contributed by atoms with van der Waals surface area (Å²) < 4.78 is 41.5. The minimum absolute atomic E-state index is 0.00590. The van der Waals surface area contributed by atoms with Gasteiger partial charge < -0.3 is 15.5 Å². The van der Waals surface area contributed by atoms with Crippen LogP contribution in [-0.4, -0.2) is 61.6 Å². The van der Waals surface area contributed by atoms with Gasteiger partial charge in [-0.05, 0) is 48.7 Å². The fourth-order valence-corrected chi connectivity index (χ4v) is 6.04. The SMILES string of the molecule is CC[C@@H]1CN(C(=O)NCC(F)(F)F)C[C@@H]1c1cnc2cnc3c(ccn3C(=O)c3ccccc3Nc3cccc(Cl)c3C)n12. The van der Waals surface area contributed by atoms with Crippen molar-refractivity contribution in [3.8, 4) is 0 Å². The molecule has 0 aliphatic carbocycles. The van der Waals surface area contributed by atoms with Crippen LogP contribution in [0.5, 0.6) is 0 Å². The number of carbonyl (C=O) groups is 2. The number of urea groups is 1. The maximum atomic E-state index is 13.9. The van der Waals surface area contributed by atoms with E-state index < -0.39 is 18.8 Å². The van der Waals surface area contributed by atoms with Crippen molar-refractivity contribution in [1.82, 2.24) is 29.2 Å². The largest absolute Gasteiger partial charge is 0.405 e. The normalized spacial score (nSPS) is 17.0.